The molecule has 1 aromatic rings. The van der Waals surface area contributed by atoms with Crippen LogP contribution in [0.2, 0.25) is 0 Å². The van der Waals surface area contributed by atoms with Crippen LogP contribution in [-0.2, 0) is 0 Å². The third kappa shape index (κ3) is 2.83. The SMILES string of the molecule is Cc1ccc(C(=O)NC2CCCNC2)cc1. The Morgan fingerprint density at radius 3 is 2.75 bits per heavy atom. The standard InChI is InChI=1S/C13H18N2O/c1-10-4-6-11(7-5-10)13(16)15-12-3-2-8-14-9-12/h4-7,12,14H,2-3,8-9H2,1H3,(H,15,16). The van der Waals surface area contributed by atoms with Crippen LogP contribution in [-0.4, -0.2) is 25.0 Å². The Morgan fingerprint density at radius 2 is 2.12 bits per heavy atom. The molecule has 1 fully saturated rings. The molecule has 0 aromatic heterocycles. The Hall–Kier alpha value is -1.35. The van der Waals surface area contributed by atoms with E-state index in [-0.39, 0.29) is 11.9 Å². The Morgan fingerprint density at radius 1 is 1.38 bits per heavy atom. The lowest BCUT2D eigenvalue weighted by Crippen LogP contribution is -2.45. The van der Waals surface area contributed by atoms with Crippen LogP contribution in [0.5, 0.6) is 0 Å². The molecule has 1 amide bonds. The number of carbonyl (C=O) groups excluding carboxylic acids is 1. The van der Waals surface area contributed by atoms with Crippen molar-refractivity contribution < 1.29 is 4.79 Å². The van der Waals surface area contributed by atoms with Crippen LogP contribution >= 0.6 is 0 Å². The highest BCUT2D eigenvalue weighted by Crippen LogP contribution is 2.06. The first-order valence-electron chi connectivity index (χ1n) is 5.84. The van der Waals surface area contributed by atoms with Crippen LogP contribution in [0, 0.1) is 6.92 Å². The molecule has 1 atom stereocenters. The van der Waals surface area contributed by atoms with E-state index in [1.165, 1.54) is 5.56 Å². The van der Waals surface area contributed by atoms with Gasteiger partial charge in [0.25, 0.3) is 5.91 Å². The average molecular weight is 218 g/mol. The van der Waals surface area contributed by atoms with E-state index in [4.69, 9.17) is 0 Å². The molecular formula is C13H18N2O. The van der Waals surface area contributed by atoms with E-state index in [2.05, 4.69) is 10.6 Å². The maximum absolute atomic E-state index is 11.9. The largest absolute Gasteiger partial charge is 0.348 e. The van der Waals surface area contributed by atoms with Crippen LogP contribution in [0.25, 0.3) is 0 Å². The van der Waals surface area contributed by atoms with Gasteiger partial charge in [0, 0.05) is 18.2 Å². The molecule has 1 aliphatic heterocycles. The van der Waals surface area contributed by atoms with Gasteiger partial charge in [0.2, 0.25) is 0 Å². The summed E-state index contributed by atoms with van der Waals surface area (Å²) in [6.07, 6.45) is 2.21. The molecule has 1 aliphatic rings. The van der Waals surface area contributed by atoms with Crippen molar-refractivity contribution in [3.8, 4) is 0 Å². The molecule has 0 spiro atoms. The van der Waals surface area contributed by atoms with Crippen molar-refractivity contribution in [1.82, 2.24) is 10.6 Å². The summed E-state index contributed by atoms with van der Waals surface area (Å²) in [6.45, 7) is 3.97. The van der Waals surface area contributed by atoms with E-state index in [0.717, 1.165) is 31.5 Å². The van der Waals surface area contributed by atoms with Crippen molar-refractivity contribution in [1.29, 1.82) is 0 Å². The van der Waals surface area contributed by atoms with E-state index in [1.807, 2.05) is 31.2 Å². The van der Waals surface area contributed by atoms with Gasteiger partial charge in [0.05, 0.1) is 0 Å². The molecular weight excluding hydrogens is 200 g/mol. The number of carbonyl (C=O) groups is 1. The van der Waals surface area contributed by atoms with Gasteiger partial charge in [-0.3, -0.25) is 4.79 Å². The molecule has 3 nitrogen and oxygen atoms in total. The summed E-state index contributed by atoms with van der Waals surface area (Å²) in [5, 5.41) is 6.34. The van der Waals surface area contributed by atoms with Crippen LogP contribution in [0.4, 0.5) is 0 Å². The molecule has 0 bridgehead atoms. The molecule has 1 unspecified atom stereocenters. The van der Waals surface area contributed by atoms with E-state index in [0.29, 0.717) is 0 Å². The minimum absolute atomic E-state index is 0.0358. The molecule has 0 saturated carbocycles. The fourth-order valence-electron chi connectivity index (χ4n) is 1.95. The van der Waals surface area contributed by atoms with Gasteiger partial charge in [0.15, 0.2) is 0 Å². The molecule has 3 heteroatoms. The second-order valence-electron chi connectivity index (χ2n) is 4.38. The van der Waals surface area contributed by atoms with Crippen LogP contribution in [0.15, 0.2) is 24.3 Å². The van der Waals surface area contributed by atoms with Crippen molar-refractivity contribution in [2.24, 2.45) is 0 Å². The number of aryl methyl sites for hydroxylation is 1. The van der Waals surface area contributed by atoms with Crippen LogP contribution < -0.4 is 10.6 Å². The summed E-state index contributed by atoms with van der Waals surface area (Å²) >= 11 is 0. The summed E-state index contributed by atoms with van der Waals surface area (Å²) in [7, 11) is 0. The average Bonchev–Trinajstić information content (AvgIpc) is 2.31. The molecule has 1 heterocycles. The zero-order valence-electron chi connectivity index (χ0n) is 9.62. The summed E-state index contributed by atoms with van der Waals surface area (Å²) in [4.78, 5) is 11.9. The lowest BCUT2D eigenvalue weighted by atomic mass is 10.1. The first kappa shape index (κ1) is 11.1. The molecule has 0 radical (unpaired) electrons. The van der Waals surface area contributed by atoms with Crippen molar-refractivity contribution in [3.63, 3.8) is 0 Å². The molecule has 1 saturated heterocycles. The number of hydrogen-bond acceptors (Lipinski definition) is 2. The van der Waals surface area contributed by atoms with Gasteiger partial charge < -0.3 is 10.6 Å². The summed E-state index contributed by atoms with van der Waals surface area (Å²) in [5.74, 6) is 0.0358. The normalized spacial score (nSPS) is 20.4. The Kier molecular flexibility index (Phi) is 3.57. The number of piperidine rings is 1. The zero-order valence-corrected chi connectivity index (χ0v) is 9.62. The van der Waals surface area contributed by atoms with E-state index in [9.17, 15) is 4.79 Å². The number of hydrogen-bond donors (Lipinski definition) is 2. The number of nitrogens with one attached hydrogen (secondary N) is 2. The van der Waals surface area contributed by atoms with E-state index < -0.39 is 0 Å². The second-order valence-corrected chi connectivity index (χ2v) is 4.38. The van der Waals surface area contributed by atoms with Gasteiger partial charge in [0.1, 0.15) is 0 Å². The first-order valence-corrected chi connectivity index (χ1v) is 5.84. The first-order chi connectivity index (χ1) is 7.75. The molecule has 16 heavy (non-hydrogen) atoms. The Bertz CT molecular complexity index is 353. The molecule has 1 aromatic carbocycles. The minimum Gasteiger partial charge on any atom is -0.348 e. The minimum atomic E-state index is 0.0358. The fraction of sp³-hybridized carbons (Fsp3) is 0.462. The third-order valence-corrected chi connectivity index (χ3v) is 2.95. The van der Waals surface area contributed by atoms with Gasteiger partial charge in [-0.05, 0) is 38.4 Å². The highest BCUT2D eigenvalue weighted by Gasteiger charge is 2.15. The van der Waals surface area contributed by atoms with Crippen molar-refractivity contribution in [3.05, 3.63) is 35.4 Å². The van der Waals surface area contributed by atoms with Crippen molar-refractivity contribution >= 4 is 5.91 Å². The molecule has 86 valence electrons. The van der Waals surface area contributed by atoms with Gasteiger partial charge in [-0.25, -0.2) is 0 Å². The third-order valence-electron chi connectivity index (χ3n) is 2.95. The lowest BCUT2D eigenvalue weighted by Gasteiger charge is -2.23. The summed E-state index contributed by atoms with van der Waals surface area (Å²) < 4.78 is 0. The van der Waals surface area contributed by atoms with Crippen LogP contribution in [0.3, 0.4) is 0 Å². The fourth-order valence-corrected chi connectivity index (χ4v) is 1.95. The second kappa shape index (κ2) is 5.12. The Balaban J connectivity index is 1.94. The van der Waals surface area contributed by atoms with Gasteiger partial charge in [-0.2, -0.15) is 0 Å². The summed E-state index contributed by atoms with van der Waals surface area (Å²) in [6, 6.07) is 7.96. The molecule has 0 aliphatic carbocycles. The summed E-state index contributed by atoms with van der Waals surface area (Å²) in [5.41, 5.74) is 1.92. The number of rotatable bonds is 2. The van der Waals surface area contributed by atoms with Gasteiger partial charge in [-0.1, -0.05) is 17.7 Å². The monoisotopic (exact) mass is 218 g/mol. The van der Waals surface area contributed by atoms with Crippen molar-refractivity contribution in [2.45, 2.75) is 25.8 Å². The number of benzene rings is 1. The predicted molar refractivity (Wildman–Crippen MR) is 64.5 cm³/mol. The number of amides is 1. The highest BCUT2D eigenvalue weighted by molar-refractivity contribution is 5.94. The predicted octanol–water partition coefficient (Wildman–Crippen LogP) is 1.48. The van der Waals surface area contributed by atoms with Gasteiger partial charge in [-0.15, -0.1) is 0 Å². The van der Waals surface area contributed by atoms with Crippen molar-refractivity contribution in [2.75, 3.05) is 13.1 Å². The Labute approximate surface area is 96.2 Å². The van der Waals surface area contributed by atoms with Crippen LogP contribution in [0.1, 0.15) is 28.8 Å². The maximum Gasteiger partial charge on any atom is 0.251 e. The van der Waals surface area contributed by atoms with E-state index in [1.54, 1.807) is 0 Å². The zero-order chi connectivity index (χ0) is 11.4. The quantitative estimate of drug-likeness (QED) is 0.789. The maximum atomic E-state index is 11.9. The molecule has 2 rings (SSSR count). The highest BCUT2D eigenvalue weighted by atomic mass is 16.1. The van der Waals surface area contributed by atoms with Gasteiger partial charge >= 0.3 is 0 Å². The topological polar surface area (TPSA) is 41.1 Å². The smallest absolute Gasteiger partial charge is 0.251 e. The van der Waals surface area contributed by atoms with E-state index >= 15 is 0 Å². The molecule has 2 N–H and O–H groups in total. The lowest BCUT2D eigenvalue weighted by molar-refractivity contribution is 0.0930.